The van der Waals surface area contributed by atoms with Crippen LogP contribution in [-0.4, -0.2) is 11.1 Å². The molecule has 1 N–H and O–H groups in total. The summed E-state index contributed by atoms with van der Waals surface area (Å²) in [5, 5.41) is 8.96. The van der Waals surface area contributed by atoms with Crippen molar-refractivity contribution in [3.63, 3.8) is 0 Å². The van der Waals surface area contributed by atoms with Crippen molar-refractivity contribution >= 4 is 5.97 Å². The van der Waals surface area contributed by atoms with Gasteiger partial charge in [-0.25, -0.2) is 4.79 Å². The molecule has 2 aromatic carbocycles. The van der Waals surface area contributed by atoms with Gasteiger partial charge in [0.25, 0.3) is 0 Å². The minimum Gasteiger partial charge on any atom is -0.489 e. The molecule has 0 unspecified atom stereocenters. The number of allylic oxidation sites excluding steroid dienone is 1. The highest BCUT2D eigenvalue weighted by Crippen LogP contribution is 2.20. The molecule has 0 bridgehead atoms. The number of para-hydroxylation sites is 1. The SMILES string of the molecule is C=CCc1ccccc1OCc1cccc(C(=O)O)c1. The fourth-order valence-electron chi connectivity index (χ4n) is 1.92. The molecule has 0 saturated carbocycles. The Balaban J connectivity index is 2.10. The van der Waals surface area contributed by atoms with Crippen LogP contribution in [0.3, 0.4) is 0 Å². The number of rotatable bonds is 6. The van der Waals surface area contributed by atoms with Crippen LogP contribution in [0.4, 0.5) is 0 Å². The first-order valence-corrected chi connectivity index (χ1v) is 6.34. The summed E-state index contributed by atoms with van der Waals surface area (Å²) in [4.78, 5) is 10.9. The fraction of sp³-hybridized carbons (Fsp3) is 0.118. The maximum Gasteiger partial charge on any atom is 0.335 e. The van der Waals surface area contributed by atoms with Crippen LogP contribution in [0, 0.1) is 0 Å². The molecule has 0 saturated heterocycles. The van der Waals surface area contributed by atoms with Crippen LogP contribution in [-0.2, 0) is 13.0 Å². The normalized spacial score (nSPS) is 10.0. The van der Waals surface area contributed by atoms with E-state index in [9.17, 15) is 4.79 Å². The summed E-state index contributed by atoms with van der Waals surface area (Å²) in [5.41, 5.74) is 2.17. The van der Waals surface area contributed by atoms with E-state index < -0.39 is 5.97 Å². The molecule has 0 spiro atoms. The van der Waals surface area contributed by atoms with Gasteiger partial charge in [0, 0.05) is 0 Å². The first-order valence-electron chi connectivity index (χ1n) is 6.34. The molecule has 20 heavy (non-hydrogen) atoms. The Kier molecular flexibility index (Phi) is 4.56. The molecule has 3 heteroatoms. The van der Waals surface area contributed by atoms with Gasteiger partial charge in [-0.3, -0.25) is 0 Å². The van der Waals surface area contributed by atoms with Crippen LogP contribution < -0.4 is 4.74 Å². The Bertz CT molecular complexity index is 617. The summed E-state index contributed by atoms with van der Waals surface area (Å²) in [6.07, 6.45) is 2.57. The van der Waals surface area contributed by atoms with Crippen molar-refractivity contribution < 1.29 is 14.6 Å². The zero-order chi connectivity index (χ0) is 14.4. The molecule has 3 nitrogen and oxygen atoms in total. The van der Waals surface area contributed by atoms with Crippen molar-refractivity contribution in [1.82, 2.24) is 0 Å². The lowest BCUT2D eigenvalue weighted by atomic mass is 10.1. The monoisotopic (exact) mass is 268 g/mol. The lowest BCUT2D eigenvalue weighted by molar-refractivity contribution is 0.0696. The van der Waals surface area contributed by atoms with Gasteiger partial charge in [-0.15, -0.1) is 6.58 Å². The number of hydrogen-bond donors (Lipinski definition) is 1. The van der Waals surface area contributed by atoms with E-state index in [1.54, 1.807) is 18.2 Å². The average molecular weight is 268 g/mol. The molecular weight excluding hydrogens is 252 g/mol. The van der Waals surface area contributed by atoms with Gasteiger partial charge in [0.1, 0.15) is 12.4 Å². The molecule has 0 aliphatic carbocycles. The highest BCUT2D eigenvalue weighted by Gasteiger charge is 2.05. The van der Waals surface area contributed by atoms with Crippen molar-refractivity contribution in [2.24, 2.45) is 0 Å². The number of benzene rings is 2. The summed E-state index contributed by atoms with van der Waals surface area (Å²) in [7, 11) is 0. The Hall–Kier alpha value is -2.55. The fourth-order valence-corrected chi connectivity index (χ4v) is 1.92. The predicted molar refractivity (Wildman–Crippen MR) is 78.1 cm³/mol. The quantitative estimate of drug-likeness (QED) is 0.813. The Morgan fingerprint density at radius 1 is 1.20 bits per heavy atom. The molecule has 0 atom stereocenters. The Morgan fingerprint density at radius 2 is 2.00 bits per heavy atom. The van der Waals surface area contributed by atoms with E-state index in [0.717, 1.165) is 23.3 Å². The van der Waals surface area contributed by atoms with Crippen molar-refractivity contribution in [2.45, 2.75) is 13.0 Å². The standard InChI is InChI=1S/C17H16O3/c1-2-6-14-8-3-4-10-16(14)20-12-13-7-5-9-15(11-13)17(18)19/h2-5,7-11H,1,6,12H2,(H,18,19). The van der Waals surface area contributed by atoms with Crippen molar-refractivity contribution in [2.75, 3.05) is 0 Å². The summed E-state index contributed by atoms with van der Waals surface area (Å²) in [5.74, 6) is -0.132. The zero-order valence-corrected chi connectivity index (χ0v) is 11.1. The second-order valence-corrected chi connectivity index (χ2v) is 4.39. The Labute approximate surface area is 118 Å². The van der Waals surface area contributed by atoms with E-state index in [2.05, 4.69) is 6.58 Å². The van der Waals surface area contributed by atoms with E-state index in [-0.39, 0.29) is 5.56 Å². The van der Waals surface area contributed by atoms with Crippen LogP contribution >= 0.6 is 0 Å². The zero-order valence-electron chi connectivity index (χ0n) is 11.1. The van der Waals surface area contributed by atoms with Crippen LogP contribution in [0.15, 0.2) is 61.2 Å². The maximum atomic E-state index is 10.9. The predicted octanol–water partition coefficient (Wildman–Crippen LogP) is 3.69. The van der Waals surface area contributed by atoms with Crippen molar-refractivity contribution in [3.8, 4) is 5.75 Å². The second kappa shape index (κ2) is 6.57. The molecule has 0 fully saturated rings. The topological polar surface area (TPSA) is 46.5 Å². The third kappa shape index (κ3) is 3.48. The summed E-state index contributed by atoms with van der Waals surface area (Å²) in [6, 6.07) is 14.5. The molecule has 0 aromatic heterocycles. The number of aromatic carboxylic acids is 1. The van der Waals surface area contributed by atoms with Gasteiger partial charge < -0.3 is 9.84 Å². The first-order chi connectivity index (χ1) is 9.70. The largest absolute Gasteiger partial charge is 0.489 e. The van der Waals surface area contributed by atoms with Crippen LogP contribution in [0.5, 0.6) is 5.75 Å². The smallest absolute Gasteiger partial charge is 0.335 e. The van der Waals surface area contributed by atoms with Gasteiger partial charge in [-0.1, -0.05) is 36.4 Å². The van der Waals surface area contributed by atoms with E-state index in [4.69, 9.17) is 9.84 Å². The minimum absolute atomic E-state index is 0.269. The van der Waals surface area contributed by atoms with Gasteiger partial charge in [0.15, 0.2) is 0 Å². The highest BCUT2D eigenvalue weighted by molar-refractivity contribution is 5.87. The third-order valence-corrected chi connectivity index (χ3v) is 2.91. The molecule has 0 amide bonds. The third-order valence-electron chi connectivity index (χ3n) is 2.91. The lowest BCUT2D eigenvalue weighted by Crippen LogP contribution is -2.01. The molecule has 2 aromatic rings. The number of hydrogen-bond acceptors (Lipinski definition) is 2. The molecule has 0 aliphatic rings. The summed E-state index contributed by atoms with van der Waals surface area (Å²) < 4.78 is 5.77. The van der Waals surface area contributed by atoms with Crippen molar-refractivity contribution in [3.05, 3.63) is 77.9 Å². The molecule has 0 aliphatic heterocycles. The summed E-state index contributed by atoms with van der Waals surface area (Å²) >= 11 is 0. The van der Waals surface area contributed by atoms with E-state index in [0.29, 0.717) is 6.61 Å². The molecule has 2 rings (SSSR count). The van der Waals surface area contributed by atoms with Crippen molar-refractivity contribution in [1.29, 1.82) is 0 Å². The molecule has 0 radical (unpaired) electrons. The number of carboxylic acid groups (broad SMARTS) is 1. The van der Waals surface area contributed by atoms with Gasteiger partial charge in [-0.2, -0.15) is 0 Å². The average Bonchev–Trinajstić information content (AvgIpc) is 2.47. The number of carboxylic acids is 1. The second-order valence-electron chi connectivity index (χ2n) is 4.39. The van der Waals surface area contributed by atoms with Gasteiger partial charge in [-0.05, 0) is 35.7 Å². The van der Waals surface area contributed by atoms with E-state index in [1.807, 2.05) is 36.4 Å². The molecular formula is C17H16O3. The van der Waals surface area contributed by atoms with Crippen LogP contribution in [0.25, 0.3) is 0 Å². The van der Waals surface area contributed by atoms with E-state index >= 15 is 0 Å². The Morgan fingerprint density at radius 3 is 2.75 bits per heavy atom. The maximum absolute atomic E-state index is 10.9. The first kappa shape index (κ1) is 13.9. The van der Waals surface area contributed by atoms with Crippen LogP contribution in [0.1, 0.15) is 21.5 Å². The highest BCUT2D eigenvalue weighted by atomic mass is 16.5. The number of ether oxygens (including phenoxy) is 1. The van der Waals surface area contributed by atoms with Gasteiger partial charge >= 0.3 is 5.97 Å². The molecule has 0 heterocycles. The van der Waals surface area contributed by atoms with E-state index in [1.165, 1.54) is 0 Å². The van der Waals surface area contributed by atoms with Gasteiger partial charge in [0.05, 0.1) is 5.56 Å². The van der Waals surface area contributed by atoms with Gasteiger partial charge in [0.2, 0.25) is 0 Å². The summed E-state index contributed by atoms with van der Waals surface area (Å²) in [6.45, 7) is 4.07. The minimum atomic E-state index is -0.932. The van der Waals surface area contributed by atoms with Crippen LogP contribution in [0.2, 0.25) is 0 Å². The number of carbonyl (C=O) groups is 1. The molecule has 102 valence electrons. The lowest BCUT2D eigenvalue weighted by Gasteiger charge is -2.10.